The first-order chi connectivity index (χ1) is 7.79. The maximum absolute atomic E-state index is 5.96. The maximum atomic E-state index is 5.96. The van der Waals surface area contributed by atoms with E-state index in [9.17, 15) is 0 Å². The first kappa shape index (κ1) is 11.4. The van der Waals surface area contributed by atoms with Gasteiger partial charge in [-0.05, 0) is 37.5 Å². The van der Waals surface area contributed by atoms with E-state index in [0.717, 1.165) is 16.3 Å². The van der Waals surface area contributed by atoms with Crippen LogP contribution in [0.15, 0.2) is 35.2 Å². The van der Waals surface area contributed by atoms with Crippen LogP contribution in [0.3, 0.4) is 0 Å². The lowest BCUT2D eigenvalue weighted by molar-refractivity contribution is 0.414. The molecular formula is C13H17NOS. The molecule has 0 radical (unpaired) electrons. The van der Waals surface area contributed by atoms with Crippen LogP contribution in [0, 0.1) is 0 Å². The van der Waals surface area contributed by atoms with Gasteiger partial charge in [-0.3, -0.25) is 0 Å². The molecule has 1 aliphatic rings. The van der Waals surface area contributed by atoms with Gasteiger partial charge in [0, 0.05) is 15.8 Å². The SMILES string of the molecule is COc1ccc(N)c(SC2C=CCCC2)c1. The van der Waals surface area contributed by atoms with E-state index in [0.29, 0.717) is 5.25 Å². The zero-order valence-corrected chi connectivity index (χ0v) is 10.3. The number of hydrogen-bond acceptors (Lipinski definition) is 3. The molecule has 0 aliphatic heterocycles. The fourth-order valence-corrected chi connectivity index (χ4v) is 2.97. The van der Waals surface area contributed by atoms with Crippen LogP contribution in [0.25, 0.3) is 0 Å². The molecule has 1 aliphatic carbocycles. The number of thioether (sulfide) groups is 1. The molecule has 0 spiro atoms. The predicted octanol–water partition coefficient (Wildman–Crippen LogP) is 3.48. The summed E-state index contributed by atoms with van der Waals surface area (Å²) in [6, 6.07) is 5.83. The van der Waals surface area contributed by atoms with Gasteiger partial charge < -0.3 is 10.5 Å². The highest BCUT2D eigenvalue weighted by Crippen LogP contribution is 2.35. The summed E-state index contributed by atoms with van der Waals surface area (Å²) < 4.78 is 5.21. The Morgan fingerprint density at radius 2 is 2.31 bits per heavy atom. The number of hydrogen-bond donors (Lipinski definition) is 1. The van der Waals surface area contributed by atoms with Gasteiger partial charge in [-0.25, -0.2) is 0 Å². The lowest BCUT2D eigenvalue weighted by atomic mass is 10.1. The Bertz CT molecular complexity index is 390. The number of methoxy groups -OCH3 is 1. The third-order valence-electron chi connectivity index (χ3n) is 2.71. The Balaban J connectivity index is 2.13. The molecule has 0 amide bonds. The number of anilines is 1. The number of allylic oxidation sites excluding steroid dienone is 1. The lowest BCUT2D eigenvalue weighted by Crippen LogP contribution is -2.03. The predicted molar refractivity (Wildman–Crippen MR) is 70.0 cm³/mol. The van der Waals surface area contributed by atoms with Crippen LogP contribution in [0.2, 0.25) is 0 Å². The van der Waals surface area contributed by atoms with Gasteiger partial charge in [0.2, 0.25) is 0 Å². The highest BCUT2D eigenvalue weighted by molar-refractivity contribution is 8.00. The van der Waals surface area contributed by atoms with E-state index in [-0.39, 0.29) is 0 Å². The third kappa shape index (κ3) is 2.73. The van der Waals surface area contributed by atoms with Crippen LogP contribution in [0.5, 0.6) is 5.75 Å². The molecule has 1 unspecified atom stereocenters. The van der Waals surface area contributed by atoms with Crippen LogP contribution in [0.1, 0.15) is 19.3 Å². The van der Waals surface area contributed by atoms with Gasteiger partial charge in [0.1, 0.15) is 5.75 Å². The molecule has 0 aromatic heterocycles. The minimum Gasteiger partial charge on any atom is -0.497 e. The minimum absolute atomic E-state index is 0.558. The van der Waals surface area contributed by atoms with E-state index < -0.39 is 0 Å². The van der Waals surface area contributed by atoms with Gasteiger partial charge in [0.05, 0.1) is 7.11 Å². The second kappa shape index (κ2) is 5.30. The highest BCUT2D eigenvalue weighted by atomic mass is 32.2. The second-order valence-corrected chi connectivity index (χ2v) is 5.20. The molecule has 0 bridgehead atoms. The smallest absolute Gasteiger partial charge is 0.120 e. The molecule has 3 heteroatoms. The van der Waals surface area contributed by atoms with Crippen molar-refractivity contribution >= 4 is 17.4 Å². The molecule has 1 aromatic carbocycles. The van der Waals surface area contributed by atoms with Crippen molar-refractivity contribution in [2.24, 2.45) is 0 Å². The fourth-order valence-electron chi connectivity index (χ4n) is 1.79. The monoisotopic (exact) mass is 235 g/mol. The zero-order valence-electron chi connectivity index (χ0n) is 9.48. The first-order valence-electron chi connectivity index (χ1n) is 5.56. The minimum atomic E-state index is 0.558. The van der Waals surface area contributed by atoms with E-state index in [1.165, 1.54) is 19.3 Å². The number of nitrogen functional groups attached to an aromatic ring is 1. The Morgan fingerprint density at radius 1 is 1.44 bits per heavy atom. The summed E-state index contributed by atoms with van der Waals surface area (Å²) in [6.45, 7) is 0. The molecule has 2 nitrogen and oxygen atoms in total. The van der Waals surface area contributed by atoms with Crippen LogP contribution in [-0.4, -0.2) is 12.4 Å². The molecule has 16 heavy (non-hydrogen) atoms. The molecule has 0 fully saturated rings. The van der Waals surface area contributed by atoms with E-state index in [1.54, 1.807) is 7.11 Å². The van der Waals surface area contributed by atoms with Crippen LogP contribution in [-0.2, 0) is 0 Å². The van der Waals surface area contributed by atoms with E-state index in [1.807, 2.05) is 30.0 Å². The van der Waals surface area contributed by atoms with Gasteiger partial charge in [-0.1, -0.05) is 12.2 Å². The topological polar surface area (TPSA) is 35.2 Å². The summed E-state index contributed by atoms with van der Waals surface area (Å²) in [5, 5.41) is 0.558. The summed E-state index contributed by atoms with van der Waals surface area (Å²) >= 11 is 1.83. The maximum Gasteiger partial charge on any atom is 0.120 e. The Labute approximate surface area is 101 Å². The third-order valence-corrected chi connectivity index (χ3v) is 4.01. The number of nitrogens with two attached hydrogens (primary N) is 1. The van der Waals surface area contributed by atoms with Crippen molar-refractivity contribution in [2.45, 2.75) is 29.4 Å². The van der Waals surface area contributed by atoms with Gasteiger partial charge in [0.25, 0.3) is 0 Å². The van der Waals surface area contributed by atoms with Gasteiger partial charge in [-0.2, -0.15) is 0 Å². The molecule has 0 saturated carbocycles. The lowest BCUT2D eigenvalue weighted by Gasteiger charge is -2.17. The van der Waals surface area contributed by atoms with Crippen LogP contribution >= 0.6 is 11.8 Å². The molecular weight excluding hydrogens is 218 g/mol. The van der Waals surface area contributed by atoms with Crippen molar-refractivity contribution in [1.29, 1.82) is 0 Å². The number of benzene rings is 1. The quantitative estimate of drug-likeness (QED) is 0.643. The Morgan fingerprint density at radius 3 is 3.00 bits per heavy atom. The summed E-state index contributed by atoms with van der Waals surface area (Å²) in [7, 11) is 1.68. The average Bonchev–Trinajstić information content (AvgIpc) is 2.33. The van der Waals surface area contributed by atoms with Crippen LogP contribution in [0.4, 0.5) is 5.69 Å². The zero-order chi connectivity index (χ0) is 11.4. The number of ether oxygens (including phenoxy) is 1. The Kier molecular flexibility index (Phi) is 3.78. The molecule has 0 saturated heterocycles. The van der Waals surface area contributed by atoms with Crippen molar-refractivity contribution in [2.75, 3.05) is 12.8 Å². The van der Waals surface area contributed by atoms with Crippen molar-refractivity contribution < 1.29 is 4.74 Å². The molecule has 2 rings (SSSR count). The van der Waals surface area contributed by atoms with E-state index in [2.05, 4.69) is 12.2 Å². The summed E-state index contributed by atoms with van der Waals surface area (Å²) in [6.07, 6.45) is 8.27. The average molecular weight is 235 g/mol. The van der Waals surface area contributed by atoms with Crippen molar-refractivity contribution in [3.63, 3.8) is 0 Å². The molecule has 86 valence electrons. The van der Waals surface area contributed by atoms with Crippen molar-refractivity contribution in [3.05, 3.63) is 30.4 Å². The van der Waals surface area contributed by atoms with Gasteiger partial charge in [-0.15, -0.1) is 11.8 Å². The first-order valence-corrected chi connectivity index (χ1v) is 6.44. The summed E-state index contributed by atoms with van der Waals surface area (Å²) in [4.78, 5) is 1.12. The molecule has 2 N–H and O–H groups in total. The number of rotatable bonds is 3. The van der Waals surface area contributed by atoms with Gasteiger partial charge >= 0.3 is 0 Å². The molecule has 1 aromatic rings. The molecule has 0 heterocycles. The van der Waals surface area contributed by atoms with Crippen LogP contribution < -0.4 is 10.5 Å². The van der Waals surface area contributed by atoms with Crippen molar-refractivity contribution in [1.82, 2.24) is 0 Å². The second-order valence-electron chi connectivity index (χ2n) is 3.92. The largest absolute Gasteiger partial charge is 0.497 e. The summed E-state index contributed by atoms with van der Waals surface area (Å²) in [5.41, 5.74) is 6.80. The summed E-state index contributed by atoms with van der Waals surface area (Å²) in [5.74, 6) is 0.872. The Hall–Kier alpha value is -1.09. The molecule has 1 atom stereocenters. The van der Waals surface area contributed by atoms with Gasteiger partial charge in [0.15, 0.2) is 0 Å². The standard InChI is InChI=1S/C13H17NOS/c1-15-10-7-8-12(14)13(9-10)16-11-5-3-2-4-6-11/h3,5,7-9,11H,2,4,6,14H2,1H3. The van der Waals surface area contributed by atoms with Crippen molar-refractivity contribution in [3.8, 4) is 5.75 Å². The van der Waals surface area contributed by atoms with E-state index in [4.69, 9.17) is 10.5 Å². The normalized spacial score (nSPS) is 19.7. The fraction of sp³-hybridized carbons (Fsp3) is 0.385. The highest BCUT2D eigenvalue weighted by Gasteiger charge is 2.12. The van der Waals surface area contributed by atoms with E-state index >= 15 is 0 Å².